The highest BCUT2D eigenvalue weighted by molar-refractivity contribution is 6.31. The lowest BCUT2D eigenvalue weighted by atomic mass is 9.96. The van der Waals surface area contributed by atoms with Crippen LogP contribution in [-0.2, 0) is 11.2 Å². The van der Waals surface area contributed by atoms with Gasteiger partial charge < -0.3 is 10.1 Å². The summed E-state index contributed by atoms with van der Waals surface area (Å²) in [5.41, 5.74) is 0.849. The molecule has 2 nitrogen and oxygen atoms in total. The van der Waals surface area contributed by atoms with Crippen molar-refractivity contribution in [3.05, 3.63) is 34.6 Å². The van der Waals surface area contributed by atoms with Crippen molar-refractivity contribution in [3.8, 4) is 0 Å². The summed E-state index contributed by atoms with van der Waals surface area (Å²) in [6.07, 6.45) is 4.30. The van der Waals surface area contributed by atoms with Gasteiger partial charge in [-0.25, -0.2) is 4.39 Å². The van der Waals surface area contributed by atoms with Crippen molar-refractivity contribution in [1.29, 1.82) is 0 Å². The molecule has 2 unspecified atom stereocenters. The molecule has 0 saturated carbocycles. The fourth-order valence-electron chi connectivity index (χ4n) is 2.62. The molecule has 1 aliphatic rings. The Kier molecular flexibility index (Phi) is 5.61. The highest BCUT2D eigenvalue weighted by atomic mass is 35.5. The van der Waals surface area contributed by atoms with E-state index in [0.29, 0.717) is 6.42 Å². The predicted molar refractivity (Wildman–Crippen MR) is 76.2 cm³/mol. The van der Waals surface area contributed by atoms with Crippen LogP contribution in [0.25, 0.3) is 0 Å². The first-order valence-electron chi connectivity index (χ1n) is 7.00. The molecule has 1 aromatic rings. The van der Waals surface area contributed by atoms with Crippen molar-refractivity contribution in [2.75, 3.05) is 13.2 Å². The number of likely N-dealkylation sites (N-methyl/N-ethyl adjacent to an activating group) is 1. The largest absolute Gasteiger partial charge is 0.377 e. The Morgan fingerprint density at radius 3 is 3.00 bits per heavy atom. The molecule has 0 aliphatic carbocycles. The number of hydrogen-bond donors (Lipinski definition) is 1. The number of hydrogen-bond acceptors (Lipinski definition) is 2. The zero-order valence-electron chi connectivity index (χ0n) is 11.3. The Morgan fingerprint density at radius 1 is 1.47 bits per heavy atom. The summed E-state index contributed by atoms with van der Waals surface area (Å²) in [5.74, 6) is -0.348. The average Bonchev–Trinajstić information content (AvgIpc) is 2.44. The van der Waals surface area contributed by atoms with Crippen LogP contribution in [0.15, 0.2) is 18.2 Å². The van der Waals surface area contributed by atoms with E-state index in [1.807, 2.05) is 6.07 Å². The minimum absolute atomic E-state index is 0.199. The summed E-state index contributed by atoms with van der Waals surface area (Å²) in [4.78, 5) is 0. The molecule has 1 aromatic carbocycles. The number of halogens is 2. The first-order chi connectivity index (χ1) is 9.22. The summed E-state index contributed by atoms with van der Waals surface area (Å²) < 4.78 is 19.3. The maximum Gasteiger partial charge on any atom is 0.142 e. The third kappa shape index (κ3) is 3.91. The first-order valence-corrected chi connectivity index (χ1v) is 7.38. The smallest absolute Gasteiger partial charge is 0.142 e. The van der Waals surface area contributed by atoms with E-state index in [-0.39, 0.29) is 23.0 Å². The van der Waals surface area contributed by atoms with E-state index in [4.69, 9.17) is 16.3 Å². The Labute approximate surface area is 119 Å². The van der Waals surface area contributed by atoms with Gasteiger partial charge in [0.25, 0.3) is 0 Å². The zero-order valence-corrected chi connectivity index (χ0v) is 12.0. The van der Waals surface area contributed by atoms with Crippen LogP contribution in [0.4, 0.5) is 4.39 Å². The molecule has 0 amide bonds. The molecule has 2 rings (SSSR count). The van der Waals surface area contributed by atoms with Crippen LogP contribution in [0.1, 0.15) is 31.7 Å². The first kappa shape index (κ1) is 14.8. The van der Waals surface area contributed by atoms with Gasteiger partial charge in [0, 0.05) is 12.6 Å². The second-order valence-electron chi connectivity index (χ2n) is 4.99. The van der Waals surface area contributed by atoms with Gasteiger partial charge in [-0.15, -0.1) is 0 Å². The van der Waals surface area contributed by atoms with Crippen LogP contribution >= 0.6 is 11.6 Å². The molecule has 19 heavy (non-hydrogen) atoms. The van der Waals surface area contributed by atoms with Gasteiger partial charge in [-0.2, -0.15) is 0 Å². The van der Waals surface area contributed by atoms with Crippen LogP contribution in [0.3, 0.4) is 0 Å². The second-order valence-corrected chi connectivity index (χ2v) is 5.36. The van der Waals surface area contributed by atoms with E-state index in [0.717, 1.165) is 31.6 Å². The summed E-state index contributed by atoms with van der Waals surface area (Å²) in [6, 6.07) is 5.19. The molecule has 1 aliphatic heterocycles. The molecule has 0 aromatic heterocycles. The zero-order chi connectivity index (χ0) is 13.7. The molecular formula is C15H21ClFNO. The van der Waals surface area contributed by atoms with Crippen molar-refractivity contribution in [1.82, 2.24) is 5.32 Å². The van der Waals surface area contributed by atoms with Crippen LogP contribution in [-0.4, -0.2) is 25.3 Å². The van der Waals surface area contributed by atoms with Crippen LogP contribution in [0.2, 0.25) is 5.02 Å². The van der Waals surface area contributed by atoms with E-state index >= 15 is 0 Å². The number of rotatable bonds is 5. The monoisotopic (exact) mass is 285 g/mol. The highest BCUT2D eigenvalue weighted by Crippen LogP contribution is 2.24. The minimum Gasteiger partial charge on any atom is -0.377 e. The van der Waals surface area contributed by atoms with E-state index < -0.39 is 0 Å². The van der Waals surface area contributed by atoms with Gasteiger partial charge in [0.2, 0.25) is 0 Å². The third-order valence-electron chi connectivity index (χ3n) is 3.60. The number of benzene rings is 1. The Hall–Kier alpha value is -0.640. The Bertz CT molecular complexity index is 407. The number of nitrogens with one attached hydrogen (secondary N) is 1. The molecule has 4 heteroatoms. The summed E-state index contributed by atoms with van der Waals surface area (Å²) in [6.45, 7) is 3.77. The van der Waals surface area contributed by atoms with Gasteiger partial charge >= 0.3 is 0 Å². The molecule has 0 spiro atoms. The fraction of sp³-hybridized carbons (Fsp3) is 0.600. The van der Waals surface area contributed by atoms with Crippen molar-refractivity contribution in [2.45, 2.75) is 44.8 Å². The minimum atomic E-state index is -0.348. The lowest BCUT2D eigenvalue weighted by Crippen LogP contribution is -2.44. The lowest BCUT2D eigenvalue weighted by Gasteiger charge is -2.31. The van der Waals surface area contributed by atoms with Gasteiger partial charge in [0.1, 0.15) is 5.82 Å². The average molecular weight is 286 g/mol. The van der Waals surface area contributed by atoms with Gasteiger partial charge in [-0.05, 0) is 43.9 Å². The summed E-state index contributed by atoms with van der Waals surface area (Å²) >= 11 is 6.03. The maximum absolute atomic E-state index is 13.5. The SMILES string of the molecule is CCNC(Cc1cccc(F)c1Cl)C1CCCCO1. The van der Waals surface area contributed by atoms with Crippen LogP contribution in [0, 0.1) is 5.82 Å². The topological polar surface area (TPSA) is 21.3 Å². The van der Waals surface area contributed by atoms with E-state index in [1.165, 1.54) is 12.5 Å². The maximum atomic E-state index is 13.5. The lowest BCUT2D eigenvalue weighted by molar-refractivity contribution is -0.00709. The molecule has 2 atom stereocenters. The van der Waals surface area contributed by atoms with E-state index in [1.54, 1.807) is 6.07 Å². The van der Waals surface area contributed by atoms with Crippen molar-refractivity contribution in [2.24, 2.45) is 0 Å². The number of ether oxygens (including phenoxy) is 1. The second kappa shape index (κ2) is 7.22. The van der Waals surface area contributed by atoms with Crippen LogP contribution in [0.5, 0.6) is 0 Å². The molecule has 1 heterocycles. The van der Waals surface area contributed by atoms with Gasteiger partial charge in [0.05, 0.1) is 11.1 Å². The molecule has 0 radical (unpaired) electrons. The molecule has 0 bridgehead atoms. The van der Waals surface area contributed by atoms with Crippen molar-refractivity contribution in [3.63, 3.8) is 0 Å². The Morgan fingerprint density at radius 2 is 2.32 bits per heavy atom. The fourth-order valence-corrected chi connectivity index (χ4v) is 2.83. The van der Waals surface area contributed by atoms with E-state index in [2.05, 4.69) is 12.2 Å². The van der Waals surface area contributed by atoms with E-state index in [9.17, 15) is 4.39 Å². The van der Waals surface area contributed by atoms with Gasteiger partial charge in [0.15, 0.2) is 0 Å². The quantitative estimate of drug-likeness (QED) is 0.893. The van der Waals surface area contributed by atoms with Crippen molar-refractivity contribution >= 4 is 11.6 Å². The van der Waals surface area contributed by atoms with Gasteiger partial charge in [-0.3, -0.25) is 0 Å². The molecule has 1 N–H and O–H groups in total. The van der Waals surface area contributed by atoms with Crippen LogP contribution < -0.4 is 5.32 Å². The summed E-state index contributed by atoms with van der Waals surface area (Å²) in [7, 11) is 0. The predicted octanol–water partition coefficient (Wildman–Crippen LogP) is 3.57. The normalized spacial score (nSPS) is 21.3. The molecule has 106 valence electrons. The third-order valence-corrected chi connectivity index (χ3v) is 4.02. The highest BCUT2D eigenvalue weighted by Gasteiger charge is 2.25. The standard InChI is InChI=1S/C15H21ClFNO/c1-2-18-13(14-8-3-4-9-19-14)10-11-6-5-7-12(17)15(11)16/h5-7,13-14,18H,2-4,8-10H2,1H3. The van der Waals surface area contributed by atoms with Gasteiger partial charge in [-0.1, -0.05) is 30.7 Å². The molecular weight excluding hydrogens is 265 g/mol. The summed E-state index contributed by atoms with van der Waals surface area (Å²) in [5, 5.41) is 3.68. The Balaban J connectivity index is 2.08. The van der Waals surface area contributed by atoms with Crippen molar-refractivity contribution < 1.29 is 9.13 Å². The molecule has 1 fully saturated rings. The molecule has 1 saturated heterocycles.